The molecular weight excluding hydrogens is 504 g/mol. The third-order valence-corrected chi connectivity index (χ3v) is 7.56. The van der Waals surface area contributed by atoms with Crippen LogP contribution in [0.25, 0.3) is 0 Å². The van der Waals surface area contributed by atoms with Crippen LogP contribution < -0.4 is 14.9 Å². The summed E-state index contributed by atoms with van der Waals surface area (Å²) in [7, 11) is -3.55. The highest BCUT2D eigenvalue weighted by molar-refractivity contribution is 7.93. The molecule has 3 aromatic carbocycles. The molecule has 2 N–H and O–H groups in total. The Bertz CT molecular complexity index is 1400. The molecule has 0 spiro atoms. The lowest BCUT2D eigenvalue weighted by atomic mass is 10.1. The van der Waals surface area contributed by atoms with E-state index in [0.29, 0.717) is 22.7 Å². The van der Waals surface area contributed by atoms with Gasteiger partial charge in [-0.05, 0) is 61.0 Å². The Morgan fingerprint density at radius 2 is 1.65 bits per heavy atom. The molecule has 0 atom stereocenters. The number of rotatable bonds is 5. The predicted molar refractivity (Wildman–Crippen MR) is 131 cm³/mol. The number of carbonyl (C=O) groups excluding carboxylic acids is 2. The number of sulfonamides is 1. The molecule has 1 saturated heterocycles. The molecule has 0 aromatic heterocycles. The number of benzene rings is 3. The summed E-state index contributed by atoms with van der Waals surface area (Å²) in [4.78, 5) is 25.2. The van der Waals surface area contributed by atoms with Crippen LogP contribution in [-0.2, 0) is 10.0 Å². The zero-order valence-electron chi connectivity index (χ0n) is 17.5. The first kappa shape index (κ1) is 24.0. The van der Waals surface area contributed by atoms with E-state index >= 15 is 0 Å². The summed E-state index contributed by atoms with van der Waals surface area (Å²) in [5, 5.41) is 5.92. The zero-order valence-corrected chi connectivity index (χ0v) is 19.8. The van der Waals surface area contributed by atoms with E-state index in [4.69, 9.17) is 23.2 Å². The van der Waals surface area contributed by atoms with Crippen LogP contribution in [0.2, 0.25) is 10.0 Å². The summed E-state index contributed by atoms with van der Waals surface area (Å²) in [6.45, 7) is 0.194. The van der Waals surface area contributed by atoms with E-state index < -0.39 is 27.7 Å². The highest BCUT2D eigenvalue weighted by atomic mass is 35.5. The SMILES string of the molecule is O=C(Nc1ccc(Cl)c(NC(=O)c2cccc(Cl)c2)c1)c1ccc(N2CCCS2(=O)=O)c(F)c1. The molecule has 0 unspecified atom stereocenters. The molecule has 1 heterocycles. The second-order valence-electron chi connectivity index (χ2n) is 7.52. The summed E-state index contributed by atoms with van der Waals surface area (Å²) in [5.74, 6) is -1.92. The van der Waals surface area contributed by atoms with Crippen LogP contribution in [-0.4, -0.2) is 32.5 Å². The lowest BCUT2D eigenvalue weighted by Crippen LogP contribution is -2.26. The minimum atomic E-state index is -3.55. The molecule has 0 bridgehead atoms. The third kappa shape index (κ3) is 5.16. The normalized spacial score (nSPS) is 14.6. The fourth-order valence-corrected chi connectivity index (χ4v) is 5.41. The Kier molecular flexibility index (Phi) is 6.79. The summed E-state index contributed by atoms with van der Waals surface area (Å²) in [6, 6.07) is 14.4. The Morgan fingerprint density at radius 3 is 2.32 bits per heavy atom. The number of carbonyl (C=O) groups is 2. The van der Waals surface area contributed by atoms with Gasteiger partial charge in [-0.1, -0.05) is 29.3 Å². The van der Waals surface area contributed by atoms with Crippen LogP contribution in [0.4, 0.5) is 21.5 Å². The van der Waals surface area contributed by atoms with E-state index in [1.54, 1.807) is 18.2 Å². The van der Waals surface area contributed by atoms with E-state index in [-0.39, 0.29) is 34.3 Å². The zero-order chi connectivity index (χ0) is 24.5. The van der Waals surface area contributed by atoms with Gasteiger partial charge in [0.05, 0.1) is 22.2 Å². The topological polar surface area (TPSA) is 95.6 Å². The Labute approximate surface area is 205 Å². The van der Waals surface area contributed by atoms with Crippen LogP contribution in [0.5, 0.6) is 0 Å². The van der Waals surface area contributed by atoms with Crippen LogP contribution in [0.15, 0.2) is 60.7 Å². The van der Waals surface area contributed by atoms with E-state index in [1.165, 1.54) is 36.4 Å². The van der Waals surface area contributed by atoms with Gasteiger partial charge in [0.15, 0.2) is 0 Å². The van der Waals surface area contributed by atoms with Crippen LogP contribution in [0, 0.1) is 5.82 Å². The minimum Gasteiger partial charge on any atom is -0.322 e. The molecule has 7 nitrogen and oxygen atoms in total. The van der Waals surface area contributed by atoms with Gasteiger partial charge in [0.1, 0.15) is 5.82 Å². The van der Waals surface area contributed by atoms with Crippen molar-refractivity contribution in [1.29, 1.82) is 0 Å². The van der Waals surface area contributed by atoms with E-state index in [0.717, 1.165) is 10.4 Å². The van der Waals surface area contributed by atoms with Gasteiger partial charge in [0.25, 0.3) is 11.8 Å². The minimum absolute atomic E-state index is 0.00249. The number of nitrogens with one attached hydrogen (secondary N) is 2. The monoisotopic (exact) mass is 521 g/mol. The van der Waals surface area contributed by atoms with Crippen molar-refractivity contribution in [2.75, 3.05) is 27.2 Å². The van der Waals surface area contributed by atoms with Gasteiger partial charge in [0.2, 0.25) is 10.0 Å². The fourth-order valence-electron chi connectivity index (χ4n) is 3.49. The van der Waals surface area contributed by atoms with Crippen LogP contribution in [0.3, 0.4) is 0 Å². The van der Waals surface area contributed by atoms with Gasteiger partial charge in [-0.2, -0.15) is 0 Å². The van der Waals surface area contributed by atoms with Crippen molar-refractivity contribution in [3.05, 3.63) is 87.7 Å². The van der Waals surface area contributed by atoms with Crippen molar-refractivity contribution in [3.63, 3.8) is 0 Å². The molecule has 11 heteroatoms. The van der Waals surface area contributed by atoms with Crippen molar-refractivity contribution in [2.24, 2.45) is 0 Å². The molecule has 0 saturated carbocycles. The largest absolute Gasteiger partial charge is 0.322 e. The second kappa shape index (κ2) is 9.61. The molecule has 1 aliphatic rings. The molecule has 1 aliphatic heterocycles. The number of nitrogens with zero attached hydrogens (tertiary/aromatic N) is 1. The van der Waals surface area contributed by atoms with E-state index in [9.17, 15) is 22.4 Å². The number of hydrogen-bond acceptors (Lipinski definition) is 4. The molecule has 2 amide bonds. The van der Waals surface area contributed by atoms with Gasteiger partial charge in [-0.25, -0.2) is 12.8 Å². The Morgan fingerprint density at radius 1 is 0.912 bits per heavy atom. The van der Waals surface area contributed by atoms with Crippen molar-refractivity contribution in [2.45, 2.75) is 6.42 Å². The Balaban J connectivity index is 1.50. The summed E-state index contributed by atoms with van der Waals surface area (Å²) < 4.78 is 39.7. The average Bonchev–Trinajstić information content (AvgIpc) is 3.14. The van der Waals surface area contributed by atoms with Crippen molar-refractivity contribution < 1.29 is 22.4 Å². The fraction of sp³-hybridized carbons (Fsp3) is 0.130. The lowest BCUT2D eigenvalue weighted by molar-refractivity contribution is 0.101. The standard InChI is InChI=1S/C23H18Cl2FN3O4S/c24-16-4-1-3-14(11-16)23(31)28-20-13-17(6-7-18(20)25)27-22(30)15-5-8-21(19(26)12-15)29-9-2-10-34(29,32)33/h1,3-8,11-13H,2,9-10H2,(H,27,30)(H,28,31). The van der Waals surface area contributed by atoms with Crippen molar-refractivity contribution in [1.82, 2.24) is 0 Å². The van der Waals surface area contributed by atoms with Gasteiger partial charge in [-0.3, -0.25) is 13.9 Å². The summed E-state index contributed by atoms with van der Waals surface area (Å²) in [6.07, 6.45) is 0.413. The predicted octanol–water partition coefficient (Wildman–Crippen LogP) is 5.18. The third-order valence-electron chi connectivity index (χ3n) is 5.14. The maximum Gasteiger partial charge on any atom is 0.255 e. The lowest BCUT2D eigenvalue weighted by Gasteiger charge is -2.18. The first-order valence-electron chi connectivity index (χ1n) is 10.1. The molecule has 0 aliphatic carbocycles. The van der Waals surface area contributed by atoms with Gasteiger partial charge >= 0.3 is 0 Å². The van der Waals surface area contributed by atoms with Gasteiger partial charge in [-0.15, -0.1) is 0 Å². The molecule has 0 radical (unpaired) electrons. The van der Waals surface area contributed by atoms with Gasteiger partial charge < -0.3 is 10.6 Å². The highest BCUT2D eigenvalue weighted by Gasteiger charge is 2.30. The average molecular weight is 522 g/mol. The molecule has 1 fully saturated rings. The maximum absolute atomic E-state index is 14.6. The molecule has 176 valence electrons. The number of amides is 2. The maximum atomic E-state index is 14.6. The Hall–Kier alpha value is -3.14. The first-order chi connectivity index (χ1) is 16.1. The molecule has 34 heavy (non-hydrogen) atoms. The van der Waals surface area contributed by atoms with Crippen LogP contribution in [0.1, 0.15) is 27.1 Å². The quantitative estimate of drug-likeness (QED) is 0.483. The highest BCUT2D eigenvalue weighted by Crippen LogP contribution is 2.29. The van der Waals surface area contributed by atoms with E-state index in [2.05, 4.69) is 10.6 Å². The first-order valence-corrected chi connectivity index (χ1v) is 12.5. The summed E-state index contributed by atoms with van der Waals surface area (Å²) in [5.41, 5.74) is 0.796. The smallest absolute Gasteiger partial charge is 0.255 e. The van der Waals surface area contributed by atoms with Crippen molar-refractivity contribution >= 4 is 62.1 Å². The van der Waals surface area contributed by atoms with Gasteiger partial charge in [0, 0.05) is 28.4 Å². The summed E-state index contributed by atoms with van der Waals surface area (Å²) >= 11 is 12.1. The molecule has 3 aromatic rings. The number of anilines is 3. The number of hydrogen-bond donors (Lipinski definition) is 2. The second-order valence-corrected chi connectivity index (χ2v) is 10.4. The van der Waals surface area contributed by atoms with Crippen molar-refractivity contribution in [3.8, 4) is 0 Å². The molecular formula is C23H18Cl2FN3O4S. The molecule has 4 rings (SSSR count). The van der Waals surface area contributed by atoms with Crippen LogP contribution >= 0.6 is 23.2 Å². The van der Waals surface area contributed by atoms with E-state index in [1.807, 2.05) is 0 Å². The number of halogens is 3.